The quantitative estimate of drug-likeness (QED) is 0.659. The van der Waals surface area contributed by atoms with E-state index in [4.69, 9.17) is 9.47 Å². The van der Waals surface area contributed by atoms with Crippen molar-refractivity contribution in [1.29, 1.82) is 0 Å². The zero-order valence-corrected chi connectivity index (χ0v) is 15.9. The van der Waals surface area contributed by atoms with E-state index in [1.807, 2.05) is 20.8 Å². The minimum atomic E-state index is -0.856. The summed E-state index contributed by atoms with van der Waals surface area (Å²) in [7, 11) is 0. The molecular weight excluding hydrogens is 312 g/mol. The lowest BCUT2D eigenvalue weighted by molar-refractivity contribution is -0.143. The lowest BCUT2D eigenvalue weighted by atomic mass is 10.0. The third-order valence-electron chi connectivity index (χ3n) is 3.32. The van der Waals surface area contributed by atoms with Gasteiger partial charge in [0.1, 0.15) is 11.6 Å². The number of alkyl carbamates (subject to hydrolysis) is 1. The van der Waals surface area contributed by atoms with E-state index in [0.29, 0.717) is 0 Å². The monoisotopic (exact) mass is 344 g/mol. The van der Waals surface area contributed by atoms with Gasteiger partial charge in [-0.1, -0.05) is 13.8 Å². The Kier molecular flexibility index (Phi) is 9.40. The summed E-state index contributed by atoms with van der Waals surface area (Å²) < 4.78 is 10.0. The molecule has 0 spiro atoms. The lowest BCUT2D eigenvalue weighted by Gasteiger charge is -2.25. The van der Waals surface area contributed by atoms with E-state index in [1.165, 1.54) is 0 Å². The van der Waals surface area contributed by atoms with Crippen LogP contribution in [0.2, 0.25) is 0 Å². The highest BCUT2D eigenvalue weighted by molar-refractivity contribution is 5.86. The fraction of sp³-hybridized carbons (Fsp3) is 0.824. The van der Waals surface area contributed by atoms with E-state index in [-0.39, 0.29) is 37.3 Å². The third kappa shape index (κ3) is 10.1. The number of ether oxygens (including phenoxy) is 2. The minimum absolute atomic E-state index is 0.0395. The van der Waals surface area contributed by atoms with Crippen molar-refractivity contribution < 1.29 is 23.9 Å². The van der Waals surface area contributed by atoms with Gasteiger partial charge in [-0.15, -0.1) is 0 Å². The van der Waals surface area contributed by atoms with Crippen molar-refractivity contribution in [3.63, 3.8) is 0 Å². The molecule has 0 fully saturated rings. The maximum atomic E-state index is 12.4. The van der Waals surface area contributed by atoms with Gasteiger partial charge in [-0.05, 0) is 47.0 Å². The predicted octanol–water partition coefficient (Wildman–Crippen LogP) is 2.38. The fourth-order valence-corrected chi connectivity index (χ4v) is 1.71. The predicted molar refractivity (Wildman–Crippen MR) is 91.5 cm³/mol. The minimum Gasteiger partial charge on any atom is -0.466 e. The molecule has 7 heteroatoms. The topological polar surface area (TPSA) is 93.7 Å². The Bertz CT molecular complexity index is 429. The number of carbonyl (C=O) groups excluding carboxylic acids is 3. The highest BCUT2D eigenvalue weighted by atomic mass is 16.6. The maximum Gasteiger partial charge on any atom is 0.408 e. The molecule has 0 radical (unpaired) electrons. The number of hydrogen-bond acceptors (Lipinski definition) is 5. The summed E-state index contributed by atoms with van der Waals surface area (Å²) in [6, 6.07) is -0.909. The van der Waals surface area contributed by atoms with Crippen LogP contribution >= 0.6 is 0 Å². The first kappa shape index (κ1) is 22.2. The Hall–Kier alpha value is -1.79. The summed E-state index contributed by atoms with van der Waals surface area (Å²) in [6.07, 6.45) is -0.504. The second-order valence-electron chi connectivity index (χ2n) is 7.08. The van der Waals surface area contributed by atoms with Gasteiger partial charge in [0.05, 0.1) is 6.61 Å². The van der Waals surface area contributed by atoms with Crippen molar-refractivity contribution in [3.8, 4) is 0 Å². The molecule has 0 aliphatic heterocycles. The van der Waals surface area contributed by atoms with E-state index in [1.54, 1.807) is 27.7 Å². The molecule has 0 aliphatic rings. The molecule has 0 aromatic carbocycles. The first-order valence-electron chi connectivity index (χ1n) is 8.41. The summed E-state index contributed by atoms with van der Waals surface area (Å²) in [5.41, 5.74) is -0.669. The van der Waals surface area contributed by atoms with Gasteiger partial charge in [0.15, 0.2) is 0 Å². The summed E-state index contributed by atoms with van der Waals surface area (Å²) in [6.45, 7) is 13.1. The molecule has 2 N–H and O–H groups in total. The Morgan fingerprint density at radius 3 is 2.08 bits per heavy atom. The molecule has 7 nitrogen and oxygen atoms in total. The van der Waals surface area contributed by atoms with Crippen LogP contribution in [0.4, 0.5) is 4.79 Å². The number of hydrogen-bond donors (Lipinski definition) is 2. The Balaban J connectivity index is 4.84. The van der Waals surface area contributed by atoms with Crippen LogP contribution in [0.1, 0.15) is 61.3 Å². The van der Waals surface area contributed by atoms with Crippen LogP contribution in [-0.4, -0.2) is 42.3 Å². The van der Waals surface area contributed by atoms with Crippen LogP contribution in [0, 0.1) is 5.92 Å². The number of esters is 1. The zero-order valence-electron chi connectivity index (χ0n) is 15.9. The summed E-state index contributed by atoms with van der Waals surface area (Å²) >= 11 is 0. The molecule has 0 saturated heterocycles. The molecule has 0 saturated carbocycles. The van der Waals surface area contributed by atoms with E-state index in [0.717, 1.165) is 0 Å². The maximum absolute atomic E-state index is 12.4. The molecule has 0 aromatic rings. The highest BCUT2D eigenvalue weighted by Crippen LogP contribution is 2.09. The van der Waals surface area contributed by atoms with Crippen molar-refractivity contribution in [2.45, 2.75) is 79.0 Å². The Morgan fingerprint density at radius 1 is 1.04 bits per heavy atom. The second-order valence-corrected chi connectivity index (χ2v) is 7.08. The SMILES string of the molecule is CCOC(=O)CCC(NC(=O)OC(C)(C)C)C(=O)NC(C)C(C)C. The molecule has 0 aromatic heterocycles. The second kappa shape index (κ2) is 10.2. The van der Waals surface area contributed by atoms with Gasteiger partial charge in [-0.3, -0.25) is 9.59 Å². The third-order valence-corrected chi connectivity index (χ3v) is 3.32. The molecule has 24 heavy (non-hydrogen) atoms. The van der Waals surface area contributed by atoms with Crippen LogP contribution < -0.4 is 10.6 Å². The van der Waals surface area contributed by atoms with Gasteiger partial charge in [0, 0.05) is 12.5 Å². The van der Waals surface area contributed by atoms with E-state index in [2.05, 4.69) is 10.6 Å². The summed E-state index contributed by atoms with van der Waals surface area (Å²) in [4.78, 5) is 35.8. The van der Waals surface area contributed by atoms with Crippen LogP contribution in [0.3, 0.4) is 0 Å². The van der Waals surface area contributed by atoms with Crippen LogP contribution in [0.25, 0.3) is 0 Å². The van der Waals surface area contributed by atoms with Gasteiger partial charge in [-0.25, -0.2) is 4.79 Å². The van der Waals surface area contributed by atoms with Gasteiger partial charge >= 0.3 is 12.1 Å². The lowest BCUT2D eigenvalue weighted by Crippen LogP contribution is -2.51. The number of nitrogens with one attached hydrogen (secondary N) is 2. The molecule has 0 rings (SSSR count). The molecule has 0 heterocycles. The zero-order chi connectivity index (χ0) is 18.9. The average Bonchev–Trinajstić information content (AvgIpc) is 2.41. The van der Waals surface area contributed by atoms with Gasteiger partial charge in [0.25, 0.3) is 0 Å². The molecule has 140 valence electrons. The normalized spacial score (nSPS) is 13.8. The number of rotatable bonds is 8. The van der Waals surface area contributed by atoms with Gasteiger partial charge < -0.3 is 20.1 Å². The van der Waals surface area contributed by atoms with Crippen molar-refractivity contribution in [1.82, 2.24) is 10.6 Å². The molecule has 0 bridgehead atoms. The number of carbonyl (C=O) groups is 3. The molecule has 2 amide bonds. The smallest absolute Gasteiger partial charge is 0.408 e. The first-order valence-corrected chi connectivity index (χ1v) is 8.41. The fourth-order valence-electron chi connectivity index (χ4n) is 1.71. The van der Waals surface area contributed by atoms with E-state index < -0.39 is 23.7 Å². The van der Waals surface area contributed by atoms with Crippen LogP contribution in [0.5, 0.6) is 0 Å². The molecule has 2 unspecified atom stereocenters. The number of amides is 2. The summed E-state index contributed by atoms with van der Waals surface area (Å²) in [5, 5.41) is 5.38. The molecular formula is C17H32N2O5. The van der Waals surface area contributed by atoms with Crippen LogP contribution in [0.15, 0.2) is 0 Å². The molecule has 2 atom stereocenters. The standard InChI is InChI=1S/C17H32N2O5/c1-8-23-14(20)10-9-13(15(21)18-12(4)11(2)3)19-16(22)24-17(5,6)7/h11-13H,8-10H2,1-7H3,(H,18,21)(H,19,22). The van der Waals surface area contributed by atoms with E-state index in [9.17, 15) is 14.4 Å². The highest BCUT2D eigenvalue weighted by Gasteiger charge is 2.26. The van der Waals surface area contributed by atoms with Gasteiger partial charge in [0.2, 0.25) is 5.91 Å². The summed E-state index contributed by atoms with van der Waals surface area (Å²) in [5.74, 6) is -0.495. The van der Waals surface area contributed by atoms with Crippen molar-refractivity contribution in [3.05, 3.63) is 0 Å². The van der Waals surface area contributed by atoms with Crippen molar-refractivity contribution in [2.24, 2.45) is 5.92 Å². The van der Waals surface area contributed by atoms with E-state index >= 15 is 0 Å². The Labute approximate surface area is 144 Å². The van der Waals surface area contributed by atoms with Crippen LogP contribution in [-0.2, 0) is 19.1 Å². The average molecular weight is 344 g/mol. The Morgan fingerprint density at radius 2 is 1.62 bits per heavy atom. The van der Waals surface area contributed by atoms with Crippen molar-refractivity contribution in [2.75, 3.05) is 6.61 Å². The van der Waals surface area contributed by atoms with Gasteiger partial charge in [-0.2, -0.15) is 0 Å². The van der Waals surface area contributed by atoms with Crippen molar-refractivity contribution >= 4 is 18.0 Å². The molecule has 0 aliphatic carbocycles. The first-order chi connectivity index (χ1) is 11.0. The largest absolute Gasteiger partial charge is 0.466 e.